The van der Waals surface area contributed by atoms with Gasteiger partial charge in [0.25, 0.3) is 5.56 Å². The maximum absolute atomic E-state index is 13.4. The third-order valence-corrected chi connectivity index (χ3v) is 5.34. The van der Waals surface area contributed by atoms with Crippen LogP contribution in [0.2, 0.25) is 0 Å². The van der Waals surface area contributed by atoms with Crippen LogP contribution in [-0.2, 0) is 6.54 Å². The summed E-state index contributed by atoms with van der Waals surface area (Å²) in [4.78, 5) is 27.9. The average molecular weight is 363 g/mol. The Morgan fingerprint density at radius 1 is 1.04 bits per heavy atom. The van der Waals surface area contributed by atoms with Crippen LogP contribution in [0.3, 0.4) is 0 Å². The highest BCUT2D eigenvalue weighted by atomic mass is 16.1. The van der Waals surface area contributed by atoms with Crippen LogP contribution in [0.25, 0.3) is 33.2 Å². The second kappa shape index (κ2) is 6.76. The molecule has 0 aliphatic heterocycles. The number of aromatic nitrogens is 5. The number of hydrogen-bond acceptors (Lipinski definition) is 4. The highest BCUT2D eigenvalue weighted by molar-refractivity contribution is 6.04. The van der Waals surface area contributed by atoms with Gasteiger partial charge in [0, 0.05) is 12.6 Å². The largest absolute Gasteiger partial charge is 0.308 e. The first kappa shape index (κ1) is 17.6. The van der Waals surface area contributed by atoms with E-state index in [0.717, 1.165) is 48.3 Å². The lowest BCUT2D eigenvalue weighted by atomic mass is 10.2. The molecule has 3 heterocycles. The van der Waals surface area contributed by atoms with Crippen molar-refractivity contribution in [2.24, 2.45) is 0 Å². The van der Waals surface area contributed by atoms with Crippen LogP contribution >= 0.6 is 0 Å². The van der Waals surface area contributed by atoms with E-state index >= 15 is 0 Å². The monoisotopic (exact) mass is 363 g/mol. The second-order valence-corrected chi connectivity index (χ2v) is 7.18. The number of rotatable bonds is 5. The Hall–Kier alpha value is -2.76. The van der Waals surface area contributed by atoms with Gasteiger partial charge in [-0.3, -0.25) is 9.36 Å². The molecule has 0 N–H and O–H groups in total. The number of aryl methyl sites for hydroxylation is 2. The fraction of sp³-hybridized carbons (Fsp3) is 0.429. The Kier molecular flexibility index (Phi) is 4.42. The van der Waals surface area contributed by atoms with E-state index in [1.165, 1.54) is 0 Å². The molecule has 3 aromatic heterocycles. The molecule has 4 aromatic rings. The lowest BCUT2D eigenvalue weighted by Gasteiger charge is -2.16. The molecule has 1 atom stereocenters. The summed E-state index contributed by atoms with van der Waals surface area (Å²) in [5, 5.41) is 0.588. The fourth-order valence-electron chi connectivity index (χ4n) is 3.71. The first-order valence-corrected chi connectivity index (χ1v) is 9.74. The summed E-state index contributed by atoms with van der Waals surface area (Å²) < 4.78 is 3.87. The molecule has 0 saturated carbocycles. The van der Waals surface area contributed by atoms with E-state index in [9.17, 15) is 4.79 Å². The molecule has 1 unspecified atom stereocenters. The van der Waals surface area contributed by atoms with Crippen LogP contribution < -0.4 is 5.56 Å². The number of benzene rings is 1. The van der Waals surface area contributed by atoms with Gasteiger partial charge < -0.3 is 4.57 Å². The van der Waals surface area contributed by atoms with Crippen molar-refractivity contribution >= 4 is 33.2 Å². The average Bonchev–Trinajstić information content (AvgIpc) is 2.96. The summed E-state index contributed by atoms with van der Waals surface area (Å²) in [7, 11) is 0. The first-order chi connectivity index (χ1) is 13.1. The van der Waals surface area contributed by atoms with E-state index in [0.29, 0.717) is 16.6 Å². The van der Waals surface area contributed by atoms with Gasteiger partial charge in [-0.05, 0) is 38.8 Å². The van der Waals surface area contributed by atoms with Gasteiger partial charge >= 0.3 is 0 Å². The van der Waals surface area contributed by atoms with Gasteiger partial charge in [0.2, 0.25) is 0 Å². The van der Waals surface area contributed by atoms with Crippen molar-refractivity contribution in [3.63, 3.8) is 0 Å². The quantitative estimate of drug-likeness (QED) is 0.528. The molecule has 0 aliphatic carbocycles. The van der Waals surface area contributed by atoms with Gasteiger partial charge in [0.05, 0.1) is 11.0 Å². The molecule has 140 valence electrons. The molecule has 0 saturated heterocycles. The van der Waals surface area contributed by atoms with E-state index < -0.39 is 0 Å². The van der Waals surface area contributed by atoms with Crippen molar-refractivity contribution in [3.05, 3.63) is 40.4 Å². The minimum absolute atomic E-state index is 0.0170. The summed E-state index contributed by atoms with van der Waals surface area (Å²) >= 11 is 0. The second-order valence-electron chi connectivity index (χ2n) is 7.18. The van der Waals surface area contributed by atoms with Crippen molar-refractivity contribution in [3.8, 4) is 0 Å². The van der Waals surface area contributed by atoms with E-state index in [1.54, 1.807) is 4.57 Å². The highest BCUT2D eigenvalue weighted by Gasteiger charge is 2.22. The van der Waals surface area contributed by atoms with E-state index in [4.69, 9.17) is 15.0 Å². The Morgan fingerprint density at radius 2 is 1.74 bits per heavy atom. The molecule has 27 heavy (non-hydrogen) atoms. The molecular formula is C21H25N5O. The zero-order valence-corrected chi connectivity index (χ0v) is 16.4. The molecule has 6 heteroatoms. The Bertz CT molecular complexity index is 1200. The normalized spacial score (nSPS) is 13.0. The van der Waals surface area contributed by atoms with Crippen molar-refractivity contribution < 1.29 is 0 Å². The molecule has 4 rings (SSSR count). The SMILES string of the molecule is CCCCn1c2nc3ccccc3nc2c2c(=O)n(C(C)CC)c(C)nc21. The zero-order valence-electron chi connectivity index (χ0n) is 16.4. The lowest BCUT2D eigenvalue weighted by Crippen LogP contribution is -2.26. The zero-order chi connectivity index (χ0) is 19.1. The highest BCUT2D eigenvalue weighted by Crippen LogP contribution is 2.26. The third kappa shape index (κ3) is 2.71. The topological polar surface area (TPSA) is 65.6 Å². The Balaban J connectivity index is 2.18. The Labute approximate surface area is 157 Å². The predicted molar refractivity (Wildman–Crippen MR) is 109 cm³/mol. The number of fused-ring (bicyclic) bond motifs is 4. The van der Waals surface area contributed by atoms with Gasteiger partial charge in [0.15, 0.2) is 11.3 Å². The number of nitrogens with zero attached hydrogens (tertiary/aromatic N) is 5. The maximum Gasteiger partial charge on any atom is 0.265 e. The van der Waals surface area contributed by atoms with Crippen LogP contribution in [0.15, 0.2) is 29.1 Å². The van der Waals surface area contributed by atoms with Crippen LogP contribution in [0, 0.1) is 6.92 Å². The maximum atomic E-state index is 13.4. The fourth-order valence-corrected chi connectivity index (χ4v) is 3.71. The van der Waals surface area contributed by atoms with Crippen LogP contribution in [-0.4, -0.2) is 24.1 Å². The number of unbranched alkanes of at least 4 members (excludes halogenated alkanes) is 1. The molecular weight excluding hydrogens is 338 g/mol. The van der Waals surface area contributed by atoms with Crippen LogP contribution in [0.4, 0.5) is 0 Å². The summed E-state index contributed by atoms with van der Waals surface area (Å²) in [6.45, 7) is 8.98. The minimum atomic E-state index is -0.0170. The van der Waals surface area contributed by atoms with Crippen molar-refractivity contribution in [2.75, 3.05) is 0 Å². The lowest BCUT2D eigenvalue weighted by molar-refractivity contribution is 0.496. The molecule has 0 bridgehead atoms. The molecule has 1 aromatic carbocycles. The summed E-state index contributed by atoms with van der Waals surface area (Å²) in [5.74, 6) is 0.743. The standard InChI is InChI=1S/C21H25N5O/c1-5-7-12-25-19-17(21(27)26(13(3)6-2)14(4)22-19)18-20(25)24-16-11-9-8-10-15(16)23-18/h8-11,13H,5-7,12H2,1-4H3. The summed E-state index contributed by atoms with van der Waals surface area (Å²) in [5.41, 5.74) is 3.74. The van der Waals surface area contributed by atoms with Crippen molar-refractivity contribution in [1.29, 1.82) is 0 Å². The predicted octanol–water partition coefficient (Wildman–Crippen LogP) is 4.37. The first-order valence-electron chi connectivity index (χ1n) is 9.74. The number of hydrogen-bond donors (Lipinski definition) is 0. The van der Waals surface area contributed by atoms with Crippen molar-refractivity contribution in [2.45, 2.75) is 59.5 Å². The van der Waals surface area contributed by atoms with E-state index in [1.807, 2.05) is 31.2 Å². The summed E-state index contributed by atoms with van der Waals surface area (Å²) in [6, 6.07) is 7.89. The molecule has 0 radical (unpaired) electrons. The number of para-hydroxylation sites is 2. The van der Waals surface area contributed by atoms with Crippen molar-refractivity contribution in [1.82, 2.24) is 24.1 Å². The smallest absolute Gasteiger partial charge is 0.265 e. The minimum Gasteiger partial charge on any atom is -0.308 e. The molecule has 0 fully saturated rings. The molecule has 0 spiro atoms. The van der Waals surface area contributed by atoms with E-state index in [2.05, 4.69) is 25.3 Å². The van der Waals surface area contributed by atoms with Gasteiger partial charge in [-0.15, -0.1) is 0 Å². The van der Waals surface area contributed by atoms with Gasteiger partial charge in [-0.1, -0.05) is 32.4 Å². The molecule has 0 aliphatic rings. The van der Waals surface area contributed by atoms with E-state index in [-0.39, 0.29) is 11.6 Å². The Morgan fingerprint density at radius 3 is 2.41 bits per heavy atom. The molecule has 0 amide bonds. The van der Waals surface area contributed by atoms with Crippen LogP contribution in [0.5, 0.6) is 0 Å². The van der Waals surface area contributed by atoms with Gasteiger partial charge in [-0.25, -0.2) is 15.0 Å². The molecule has 6 nitrogen and oxygen atoms in total. The third-order valence-electron chi connectivity index (χ3n) is 5.34. The van der Waals surface area contributed by atoms with Crippen LogP contribution in [0.1, 0.15) is 51.9 Å². The van der Waals surface area contributed by atoms with Gasteiger partial charge in [0.1, 0.15) is 16.7 Å². The summed E-state index contributed by atoms with van der Waals surface area (Å²) in [6.07, 6.45) is 2.94. The van der Waals surface area contributed by atoms with Gasteiger partial charge in [-0.2, -0.15) is 0 Å².